The molecule has 0 spiro atoms. The number of nitrogens with zero attached hydrogens (tertiary/aromatic N) is 1. The molecule has 4 rings (SSSR count). The van der Waals surface area contributed by atoms with Crippen molar-refractivity contribution in [2.24, 2.45) is 0 Å². The number of ether oxygens (including phenoxy) is 2. The first-order chi connectivity index (χ1) is 16.8. The molecule has 0 radical (unpaired) electrons. The van der Waals surface area contributed by atoms with Gasteiger partial charge in [-0.15, -0.1) is 0 Å². The molecule has 0 saturated carbocycles. The first kappa shape index (κ1) is 24.8. The number of hydrogen-bond acceptors (Lipinski definition) is 6. The molecule has 0 N–H and O–H groups in total. The third kappa shape index (κ3) is 5.51. The minimum absolute atomic E-state index is 0.0448. The lowest BCUT2D eigenvalue weighted by molar-refractivity contribution is -0.123. The van der Waals surface area contributed by atoms with Gasteiger partial charge < -0.3 is 9.47 Å². The summed E-state index contributed by atoms with van der Waals surface area (Å²) in [5.41, 5.74) is 1.06. The molecule has 10 heteroatoms. The predicted octanol–water partition coefficient (Wildman–Crippen LogP) is 6.60. The molecule has 0 unspecified atom stereocenters. The third-order valence-electron chi connectivity index (χ3n) is 5.00. The van der Waals surface area contributed by atoms with Crippen LogP contribution in [0, 0.1) is 5.82 Å². The largest absolute Gasteiger partial charge is 0.493 e. The first-order valence-corrected chi connectivity index (χ1v) is 11.7. The Hall–Kier alpha value is -3.33. The summed E-state index contributed by atoms with van der Waals surface area (Å²) in [7, 11) is 1.39. The van der Waals surface area contributed by atoms with E-state index in [2.05, 4.69) is 0 Å². The maximum atomic E-state index is 13.4. The van der Waals surface area contributed by atoms with Gasteiger partial charge in [0.15, 0.2) is 11.5 Å². The number of imide groups is 1. The summed E-state index contributed by atoms with van der Waals surface area (Å²) in [4.78, 5) is 39.0. The summed E-state index contributed by atoms with van der Waals surface area (Å²) in [5.74, 6) is -1.48. The molecular weight excluding hydrogens is 516 g/mol. The number of benzene rings is 3. The maximum absolute atomic E-state index is 13.4. The van der Waals surface area contributed by atoms with Gasteiger partial charge >= 0.3 is 5.97 Å². The summed E-state index contributed by atoms with van der Waals surface area (Å²) in [6.07, 6.45) is 1.53. The van der Waals surface area contributed by atoms with Gasteiger partial charge in [0, 0.05) is 15.6 Å². The van der Waals surface area contributed by atoms with Gasteiger partial charge in [-0.05, 0) is 65.9 Å². The van der Waals surface area contributed by atoms with E-state index in [1.165, 1.54) is 37.5 Å². The molecule has 3 aromatic rings. The smallest absolute Gasteiger partial charge is 0.343 e. The minimum atomic E-state index is -0.755. The number of carbonyl (C=O) groups is 3. The number of amides is 2. The second-order valence-electron chi connectivity index (χ2n) is 7.28. The van der Waals surface area contributed by atoms with Gasteiger partial charge in [0.1, 0.15) is 5.82 Å². The Balaban J connectivity index is 1.54. The fourth-order valence-corrected chi connectivity index (χ4v) is 4.62. The fraction of sp³-hybridized carbons (Fsp3) is 0.0800. The lowest BCUT2D eigenvalue weighted by Crippen LogP contribution is -2.27. The molecule has 0 aliphatic carbocycles. The number of carbonyl (C=O) groups excluding carboxylic acids is 3. The van der Waals surface area contributed by atoms with Crippen LogP contribution in [0.4, 0.5) is 9.18 Å². The van der Waals surface area contributed by atoms with Crippen molar-refractivity contribution in [2.75, 3.05) is 7.11 Å². The average molecular weight is 532 g/mol. The van der Waals surface area contributed by atoms with E-state index in [1.54, 1.807) is 30.3 Å². The highest BCUT2D eigenvalue weighted by Gasteiger charge is 2.35. The van der Waals surface area contributed by atoms with Crippen molar-refractivity contribution in [3.63, 3.8) is 0 Å². The molecule has 2 amide bonds. The predicted molar refractivity (Wildman–Crippen MR) is 132 cm³/mol. The van der Waals surface area contributed by atoms with E-state index in [0.29, 0.717) is 21.2 Å². The Bertz CT molecular complexity index is 1360. The van der Waals surface area contributed by atoms with Crippen LogP contribution in [-0.4, -0.2) is 29.1 Å². The van der Waals surface area contributed by atoms with Gasteiger partial charge in [0.25, 0.3) is 11.1 Å². The molecule has 1 aliphatic rings. The van der Waals surface area contributed by atoms with Gasteiger partial charge in [-0.25, -0.2) is 9.18 Å². The number of esters is 1. The standard InChI is InChI=1S/C25H16Cl2FNO5S/c1-33-21-10-14(8-9-20(21)34-24(31)15-4-2-5-16(28)12-15)11-22-23(30)29(25(32)35-22)13-17-18(26)6-3-7-19(17)27/h2-12H,13H2,1H3/b22-11-. The lowest BCUT2D eigenvalue weighted by atomic mass is 10.1. The van der Waals surface area contributed by atoms with Crippen LogP contribution in [0.3, 0.4) is 0 Å². The number of rotatable bonds is 6. The molecule has 0 bridgehead atoms. The van der Waals surface area contributed by atoms with Crippen molar-refractivity contribution >= 4 is 58.2 Å². The Labute approximate surface area is 214 Å². The van der Waals surface area contributed by atoms with Gasteiger partial charge in [0.05, 0.1) is 24.1 Å². The highest BCUT2D eigenvalue weighted by molar-refractivity contribution is 8.18. The zero-order chi connectivity index (χ0) is 25.1. The Kier molecular flexibility index (Phi) is 7.45. The molecule has 0 atom stereocenters. The number of hydrogen-bond donors (Lipinski definition) is 0. The van der Waals surface area contributed by atoms with E-state index < -0.39 is 22.9 Å². The average Bonchev–Trinajstić information content (AvgIpc) is 3.09. The quantitative estimate of drug-likeness (QED) is 0.203. The Morgan fingerprint density at radius 1 is 1.03 bits per heavy atom. The van der Waals surface area contributed by atoms with Gasteiger partial charge in [-0.1, -0.05) is 41.4 Å². The van der Waals surface area contributed by atoms with Crippen LogP contribution < -0.4 is 9.47 Å². The normalized spacial score (nSPS) is 14.5. The van der Waals surface area contributed by atoms with Crippen LogP contribution in [0.25, 0.3) is 6.08 Å². The molecule has 3 aromatic carbocycles. The summed E-state index contributed by atoms with van der Waals surface area (Å²) in [5, 5.41) is 0.257. The molecule has 35 heavy (non-hydrogen) atoms. The zero-order valence-electron chi connectivity index (χ0n) is 18.1. The third-order valence-corrected chi connectivity index (χ3v) is 6.62. The molecule has 0 aromatic heterocycles. The topological polar surface area (TPSA) is 72.9 Å². The highest BCUT2D eigenvalue weighted by Crippen LogP contribution is 2.37. The number of methoxy groups -OCH3 is 1. The molecule has 1 saturated heterocycles. The molecular formula is C25H16Cl2FNO5S. The van der Waals surface area contributed by atoms with Crippen molar-refractivity contribution in [1.29, 1.82) is 0 Å². The first-order valence-electron chi connectivity index (χ1n) is 10.1. The van der Waals surface area contributed by atoms with Gasteiger partial charge in [-0.3, -0.25) is 14.5 Å². The van der Waals surface area contributed by atoms with Crippen LogP contribution in [0.5, 0.6) is 11.5 Å². The summed E-state index contributed by atoms with van der Waals surface area (Å²) < 4.78 is 24.0. The lowest BCUT2D eigenvalue weighted by Gasteiger charge is -2.14. The second kappa shape index (κ2) is 10.5. The fourth-order valence-electron chi connectivity index (χ4n) is 3.26. The van der Waals surface area contributed by atoms with Gasteiger partial charge in [0.2, 0.25) is 0 Å². The van der Waals surface area contributed by atoms with E-state index in [-0.39, 0.29) is 28.5 Å². The van der Waals surface area contributed by atoms with E-state index >= 15 is 0 Å². The van der Waals surface area contributed by atoms with Crippen molar-refractivity contribution < 1.29 is 28.2 Å². The van der Waals surface area contributed by atoms with Crippen molar-refractivity contribution in [3.05, 3.63) is 98.1 Å². The monoisotopic (exact) mass is 531 g/mol. The Morgan fingerprint density at radius 3 is 2.43 bits per heavy atom. The highest BCUT2D eigenvalue weighted by atomic mass is 35.5. The molecule has 1 heterocycles. The molecule has 1 aliphatic heterocycles. The molecule has 178 valence electrons. The molecule has 1 fully saturated rings. The van der Waals surface area contributed by atoms with E-state index in [4.69, 9.17) is 32.7 Å². The van der Waals surface area contributed by atoms with Crippen molar-refractivity contribution in [2.45, 2.75) is 6.54 Å². The van der Waals surface area contributed by atoms with Crippen LogP contribution in [0.2, 0.25) is 10.0 Å². The van der Waals surface area contributed by atoms with E-state index in [0.717, 1.165) is 22.7 Å². The van der Waals surface area contributed by atoms with E-state index in [1.807, 2.05) is 0 Å². The van der Waals surface area contributed by atoms with Crippen LogP contribution in [0.15, 0.2) is 65.6 Å². The summed E-state index contributed by atoms with van der Waals surface area (Å²) >= 11 is 13.1. The number of halogens is 3. The maximum Gasteiger partial charge on any atom is 0.343 e. The van der Waals surface area contributed by atoms with Crippen LogP contribution in [0.1, 0.15) is 21.5 Å². The summed E-state index contributed by atoms with van der Waals surface area (Å²) in [6, 6.07) is 14.7. The minimum Gasteiger partial charge on any atom is -0.493 e. The second-order valence-corrected chi connectivity index (χ2v) is 9.09. The van der Waals surface area contributed by atoms with Crippen LogP contribution in [-0.2, 0) is 11.3 Å². The summed E-state index contributed by atoms with van der Waals surface area (Å²) in [6.45, 7) is -0.0567. The Morgan fingerprint density at radius 2 is 1.74 bits per heavy atom. The van der Waals surface area contributed by atoms with Crippen molar-refractivity contribution in [3.8, 4) is 11.5 Å². The number of thioether (sulfide) groups is 1. The van der Waals surface area contributed by atoms with Crippen molar-refractivity contribution in [1.82, 2.24) is 4.90 Å². The van der Waals surface area contributed by atoms with Gasteiger partial charge in [-0.2, -0.15) is 0 Å². The zero-order valence-corrected chi connectivity index (χ0v) is 20.4. The van der Waals surface area contributed by atoms with Crippen LogP contribution >= 0.6 is 35.0 Å². The molecule has 6 nitrogen and oxygen atoms in total. The van der Waals surface area contributed by atoms with E-state index in [9.17, 15) is 18.8 Å². The SMILES string of the molecule is COc1cc(/C=C2\SC(=O)N(Cc3c(Cl)cccc3Cl)C2=O)ccc1OC(=O)c1cccc(F)c1.